The molecule has 0 saturated heterocycles. The summed E-state index contributed by atoms with van der Waals surface area (Å²) in [5, 5.41) is 21.9. The third kappa shape index (κ3) is 5.51. The summed E-state index contributed by atoms with van der Waals surface area (Å²) in [6.07, 6.45) is 0.785. The van der Waals surface area contributed by atoms with E-state index in [9.17, 15) is 9.90 Å². The van der Waals surface area contributed by atoms with Gasteiger partial charge >= 0.3 is 5.97 Å². The van der Waals surface area contributed by atoms with Gasteiger partial charge in [0.2, 0.25) is 0 Å². The molecule has 0 heterocycles. The molecule has 0 bridgehead atoms. The summed E-state index contributed by atoms with van der Waals surface area (Å²) in [4.78, 5) is 20.2. The van der Waals surface area contributed by atoms with E-state index in [-0.39, 0.29) is 6.42 Å². The lowest BCUT2D eigenvalue weighted by molar-refractivity contribution is -0.302. The first kappa shape index (κ1) is 21.3. The largest absolute Gasteiger partial charge is 0.550 e. The molecule has 0 aromatic heterocycles. The van der Waals surface area contributed by atoms with Gasteiger partial charge in [-0.2, -0.15) is 0 Å². The van der Waals surface area contributed by atoms with Gasteiger partial charge < -0.3 is 15.0 Å². The number of hydrogen-bond acceptors (Lipinski definition) is 3. The number of carbonyl (C=O) groups excluding carboxylic acids is 1. The smallest absolute Gasteiger partial charge is 0.307 e. The molecule has 3 rings (SSSR count). The van der Waals surface area contributed by atoms with Gasteiger partial charge in [0.1, 0.15) is 23.2 Å². The van der Waals surface area contributed by atoms with Crippen LogP contribution in [0.1, 0.15) is 13.3 Å². The van der Waals surface area contributed by atoms with Crippen molar-refractivity contribution in [3.05, 3.63) is 91.0 Å². The minimum Gasteiger partial charge on any atom is -0.550 e. The predicted octanol–water partition coefficient (Wildman–Crippen LogP) is 2.21. The van der Waals surface area contributed by atoms with E-state index in [0.29, 0.717) is 6.16 Å². The molecule has 0 saturated carbocycles. The van der Waals surface area contributed by atoms with Crippen LogP contribution in [0.4, 0.5) is 0 Å². The van der Waals surface area contributed by atoms with E-state index in [1.807, 2.05) is 54.6 Å². The van der Waals surface area contributed by atoms with Gasteiger partial charge in [-0.05, 0) is 43.3 Å². The maximum Gasteiger partial charge on any atom is 0.307 e. The molecular weight excluding hydrogens is 371 g/mol. The van der Waals surface area contributed by atoms with E-state index in [1.54, 1.807) is 0 Å². The topological polar surface area (TPSA) is 77.4 Å². The fourth-order valence-electron chi connectivity index (χ4n) is 3.15. The van der Waals surface area contributed by atoms with Crippen LogP contribution < -0.4 is 21.0 Å². The Kier molecular flexibility index (Phi) is 7.91. The van der Waals surface area contributed by atoms with Gasteiger partial charge in [-0.3, -0.25) is 4.79 Å². The molecule has 5 heteroatoms. The predicted molar refractivity (Wildman–Crippen MR) is 113 cm³/mol. The lowest BCUT2D eigenvalue weighted by Gasteiger charge is -2.27. The molecule has 0 radical (unpaired) electrons. The molecule has 0 aliphatic heterocycles. The zero-order valence-electron chi connectivity index (χ0n) is 15.7. The van der Waals surface area contributed by atoms with Crippen LogP contribution in [0.5, 0.6) is 0 Å². The van der Waals surface area contributed by atoms with Gasteiger partial charge in [0, 0.05) is 5.97 Å². The van der Waals surface area contributed by atoms with Gasteiger partial charge in [-0.15, -0.1) is 0 Å². The van der Waals surface area contributed by atoms with Crippen molar-refractivity contribution in [2.24, 2.45) is 0 Å². The molecule has 0 unspecified atom stereocenters. The van der Waals surface area contributed by atoms with Crippen LogP contribution in [0.2, 0.25) is 0 Å². The first-order valence-corrected chi connectivity index (χ1v) is 10.9. The Labute approximate surface area is 165 Å². The van der Waals surface area contributed by atoms with E-state index in [2.05, 4.69) is 36.4 Å². The molecule has 1 N–H and O–H groups in total. The normalized spacial score (nSPS) is 10.5. The zero-order chi connectivity index (χ0) is 20.4. The summed E-state index contributed by atoms with van der Waals surface area (Å²) in [7, 11) is -1.99. The molecule has 0 spiro atoms. The van der Waals surface area contributed by atoms with Gasteiger partial charge in [-0.1, -0.05) is 54.6 Å². The molecular formula is C23H23O4P. The van der Waals surface area contributed by atoms with Gasteiger partial charge in [0.15, 0.2) is 0 Å². The summed E-state index contributed by atoms with van der Waals surface area (Å²) >= 11 is 0. The molecule has 144 valence electrons. The van der Waals surface area contributed by atoms with Crippen LogP contribution in [0.15, 0.2) is 91.0 Å². The van der Waals surface area contributed by atoms with Gasteiger partial charge in [-0.25, -0.2) is 0 Å². The highest BCUT2D eigenvalue weighted by Crippen LogP contribution is 2.55. The van der Waals surface area contributed by atoms with Crippen molar-refractivity contribution in [2.75, 3.05) is 6.16 Å². The molecule has 28 heavy (non-hydrogen) atoms. The zero-order valence-corrected chi connectivity index (χ0v) is 16.6. The second-order valence-corrected chi connectivity index (χ2v) is 9.79. The lowest BCUT2D eigenvalue weighted by atomic mass is 10.4. The SMILES string of the molecule is CC(=O)[O-].O=C(O)CC[P+](c1ccccc1)(c1ccccc1)c1ccccc1. The van der Waals surface area contributed by atoms with Crippen molar-refractivity contribution in [2.45, 2.75) is 13.3 Å². The van der Waals surface area contributed by atoms with Crippen molar-refractivity contribution in [1.82, 2.24) is 0 Å². The molecule has 0 atom stereocenters. The quantitative estimate of drug-likeness (QED) is 0.651. The van der Waals surface area contributed by atoms with Crippen molar-refractivity contribution < 1.29 is 19.8 Å². The maximum absolute atomic E-state index is 11.4. The number of rotatable bonds is 6. The molecule has 0 aliphatic rings. The highest BCUT2D eigenvalue weighted by atomic mass is 31.2. The summed E-state index contributed by atoms with van der Waals surface area (Å²) in [5.74, 6) is -1.83. The monoisotopic (exact) mass is 394 g/mol. The Morgan fingerprint density at radius 2 is 1.04 bits per heavy atom. The Bertz CT molecular complexity index is 780. The second kappa shape index (κ2) is 10.4. The van der Waals surface area contributed by atoms with Crippen LogP contribution in [-0.2, 0) is 9.59 Å². The average Bonchev–Trinajstić information content (AvgIpc) is 2.70. The van der Waals surface area contributed by atoms with Crippen LogP contribution in [0, 0.1) is 0 Å². The number of carboxylic acid groups (broad SMARTS) is 2. The lowest BCUT2D eigenvalue weighted by Crippen LogP contribution is -2.34. The maximum atomic E-state index is 11.4. The molecule has 0 fully saturated rings. The summed E-state index contributed by atoms with van der Waals surface area (Å²) < 4.78 is 0. The van der Waals surface area contributed by atoms with E-state index in [1.165, 1.54) is 15.9 Å². The third-order valence-corrected chi connectivity index (χ3v) is 8.69. The van der Waals surface area contributed by atoms with Crippen LogP contribution in [0.3, 0.4) is 0 Å². The summed E-state index contributed by atoms with van der Waals surface area (Å²) in [6.45, 7) is 0.972. The van der Waals surface area contributed by atoms with Crippen molar-refractivity contribution in [3.8, 4) is 0 Å². The molecule has 0 amide bonds. The van der Waals surface area contributed by atoms with Gasteiger partial charge in [0.05, 0.1) is 12.6 Å². The summed E-state index contributed by atoms with van der Waals surface area (Å²) in [5.41, 5.74) is 0. The van der Waals surface area contributed by atoms with Crippen LogP contribution in [0.25, 0.3) is 0 Å². The van der Waals surface area contributed by atoms with Crippen molar-refractivity contribution in [3.63, 3.8) is 0 Å². The molecule has 4 nitrogen and oxygen atoms in total. The number of aliphatic carboxylic acids is 2. The van der Waals surface area contributed by atoms with Crippen molar-refractivity contribution in [1.29, 1.82) is 0 Å². The Hall–Kier alpha value is -2.97. The van der Waals surface area contributed by atoms with Crippen molar-refractivity contribution >= 4 is 35.1 Å². The first-order chi connectivity index (χ1) is 13.5. The molecule has 0 aliphatic carbocycles. The second-order valence-electron chi connectivity index (χ2n) is 6.18. The fraction of sp³-hybridized carbons (Fsp3) is 0.130. The number of carboxylic acids is 2. The number of benzene rings is 3. The summed E-state index contributed by atoms with van der Waals surface area (Å²) in [6, 6.07) is 31.1. The number of carbonyl (C=O) groups is 2. The van der Waals surface area contributed by atoms with Gasteiger partial charge in [0.25, 0.3) is 0 Å². The first-order valence-electron chi connectivity index (χ1n) is 8.91. The average molecular weight is 394 g/mol. The van der Waals surface area contributed by atoms with E-state index in [0.717, 1.165) is 6.92 Å². The minimum absolute atomic E-state index is 0.159. The van der Waals surface area contributed by atoms with E-state index >= 15 is 0 Å². The Morgan fingerprint density at radius 3 is 1.29 bits per heavy atom. The third-order valence-electron chi connectivity index (χ3n) is 4.25. The highest BCUT2D eigenvalue weighted by Gasteiger charge is 2.45. The highest BCUT2D eigenvalue weighted by molar-refractivity contribution is 7.95. The molecule has 3 aromatic rings. The number of hydrogen-bond donors (Lipinski definition) is 1. The fourth-order valence-corrected chi connectivity index (χ4v) is 7.38. The Balaban J connectivity index is 0.000000640. The van der Waals surface area contributed by atoms with E-state index in [4.69, 9.17) is 9.90 Å². The molecule has 3 aromatic carbocycles. The standard InChI is InChI=1S/C21H19O2P.C2H4O2/c22-21(23)16-17-24(18-10-4-1-5-11-18,19-12-6-2-7-13-19)20-14-8-3-9-15-20;1-2(3)4/h1-15H,16-17H2;1H3,(H,3,4). The Morgan fingerprint density at radius 1 is 0.750 bits per heavy atom. The van der Waals surface area contributed by atoms with Crippen LogP contribution in [-0.4, -0.2) is 23.2 Å². The minimum atomic E-state index is -1.99. The van der Waals surface area contributed by atoms with E-state index < -0.39 is 19.2 Å². The van der Waals surface area contributed by atoms with Crippen LogP contribution >= 0.6 is 7.26 Å².